The number of carbonyl (C=O) groups is 2. The minimum absolute atomic E-state index is 0.0441. The first-order chi connectivity index (χ1) is 12.1. The number of hydrogen-bond donors (Lipinski definition) is 4. The Morgan fingerprint density at radius 2 is 2.20 bits per heavy atom. The van der Waals surface area contributed by atoms with Crippen molar-refractivity contribution in [2.24, 2.45) is 5.73 Å². The van der Waals surface area contributed by atoms with Crippen LogP contribution in [0.15, 0.2) is 18.3 Å². The summed E-state index contributed by atoms with van der Waals surface area (Å²) >= 11 is 0. The summed E-state index contributed by atoms with van der Waals surface area (Å²) in [5.41, 5.74) is 6.61. The lowest BCUT2D eigenvalue weighted by Gasteiger charge is -2.26. The summed E-state index contributed by atoms with van der Waals surface area (Å²) in [5.74, 6) is -0.168. The van der Waals surface area contributed by atoms with Gasteiger partial charge in [-0.2, -0.15) is 0 Å². The summed E-state index contributed by atoms with van der Waals surface area (Å²) in [6, 6.07) is 2.90. The average Bonchev–Trinajstić information content (AvgIpc) is 3.30. The Morgan fingerprint density at radius 3 is 2.84 bits per heavy atom. The number of nitrogens with zero attached hydrogens (tertiary/aromatic N) is 2. The highest BCUT2D eigenvalue weighted by Crippen LogP contribution is 2.21. The first kappa shape index (κ1) is 17.3. The second-order valence-corrected chi connectivity index (χ2v) is 6.52. The van der Waals surface area contributed by atoms with E-state index < -0.39 is 0 Å². The van der Waals surface area contributed by atoms with Crippen molar-refractivity contribution < 1.29 is 9.59 Å². The van der Waals surface area contributed by atoms with Crippen molar-refractivity contribution in [3.8, 4) is 0 Å². The van der Waals surface area contributed by atoms with E-state index in [9.17, 15) is 9.59 Å². The van der Waals surface area contributed by atoms with Crippen molar-refractivity contribution >= 4 is 17.6 Å². The van der Waals surface area contributed by atoms with Gasteiger partial charge in [0, 0.05) is 19.3 Å². The van der Waals surface area contributed by atoms with Crippen LogP contribution in [0.2, 0.25) is 0 Å². The van der Waals surface area contributed by atoms with Crippen LogP contribution in [0.5, 0.6) is 0 Å². The quantitative estimate of drug-likeness (QED) is 0.432. The monoisotopic (exact) mass is 344 g/mol. The molecule has 2 saturated heterocycles. The molecule has 2 unspecified atom stereocenters. The van der Waals surface area contributed by atoms with Gasteiger partial charge in [0.05, 0.1) is 6.04 Å². The Morgan fingerprint density at radius 1 is 1.36 bits per heavy atom. The van der Waals surface area contributed by atoms with Crippen LogP contribution in [-0.4, -0.2) is 52.7 Å². The summed E-state index contributed by atoms with van der Waals surface area (Å²) < 4.78 is 0. The average molecular weight is 344 g/mol. The molecule has 5 N–H and O–H groups in total. The van der Waals surface area contributed by atoms with Gasteiger partial charge in [0.15, 0.2) is 0 Å². The lowest BCUT2D eigenvalue weighted by Crippen LogP contribution is -2.50. The van der Waals surface area contributed by atoms with Crippen molar-refractivity contribution in [2.75, 3.05) is 13.1 Å². The maximum atomic E-state index is 12.6. The minimum Gasteiger partial charge on any atom is -0.382 e. The second-order valence-electron chi connectivity index (χ2n) is 6.52. The number of nitrogens with two attached hydrogens (primary N) is 1. The number of hydrogen-bond acceptors (Lipinski definition) is 5. The van der Waals surface area contributed by atoms with E-state index in [0.717, 1.165) is 31.4 Å². The largest absolute Gasteiger partial charge is 0.382 e. The summed E-state index contributed by atoms with van der Waals surface area (Å²) in [6.07, 6.45) is 5.00. The first-order valence-corrected chi connectivity index (χ1v) is 8.67. The molecule has 134 valence electrons. The fourth-order valence-corrected chi connectivity index (χ4v) is 3.39. The summed E-state index contributed by atoms with van der Waals surface area (Å²) in [6.45, 7) is 1.85. The molecule has 8 nitrogen and oxygen atoms in total. The highest BCUT2D eigenvalue weighted by molar-refractivity contribution is 5.93. The van der Waals surface area contributed by atoms with E-state index >= 15 is 0 Å². The van der Waals surface area contributed by atoms with Crippen LogP contribution in [0, 0.1) is 5.41 Å². The van der Waals surface area contributed by atoms with Crippen LogP contribution >= 0.6 is 0 Å². The van der Waals surface area contributed by atoms with E-state index in [1.807, 2.05) is 0 Å². The molecule has 2 aliphatic rings. The van der Waals surface area contributed by atoms with Crippen LogP contribution in [0.4, 0.5) is 0 Å². The van der Waals surface area contributed by atoms with E-state index in [1.54, 1.807) is 23.2 Å². The van der Waals surface area contributed by atoms with E-state index in [1.165, 1.54) is 0 Å². The van der Waals surface area contributed by atoms with Crippen LogP contribution in [0.3, 0.4) is 0 Å². The third-order valence-electron chi connectivity index (χ3n) is 4.76. The smallest absolute Gasteiger partial charge is 0.243 e. The van der Waals surface area contributed by atoms with Crippen molar-refractivity contribution in [3.05, 3.63) is 29.6 Å². The molecule has 25 heavy (non-hydrogen) atoms. The van der Waals surface area contributed by atoms with Gasteiger partial charge in [-0.15, -0.1) is 0 Å². The Hall–Kier alpha value is -2.48. The van der Waals surface area contributed by atoms with Gasteiger partial charge in [0.1, 0.15) is 17.6 Å². The Labute approximate surface area is 146 Å². The first-order valence-electron chi connectivity index (χ1n) is 8.67. The summed E-state index contributed by atoms with van der Waals surface area (Å²) in [7, 11) is 0. The summed E-state index contributed by atoms with van der Waals surface area (Å²) in [4.78, 5) is 30.9. The fraction of sp³-hybridized carbons (Fsp3) is 0.529. The lowest BCUT2D eigenvalue weighted by molar-refractivity contribution is -0.139. The number of amidine groups is 1. The van der Waals surface area contributed by atoms with Crippen molar-refractivity contribution in [3.63, 3.8) is 0 Å². The highest BCUT2D eigenvalue weighted by atomic mass is 16.2. The number of rotatable bonds is 5. The van der Waals surface area contributed by atoms with Crippen LogP contribution < -0.4 is 16.4 Å². The zero-order chi connectivity index (χ0) is 17.8. The number of nitrogens with one attached hydrogen (secondary N) is 3. The highest BCUT2D eigenvalue weighted by Gasteiger charge is 2.37. The zero-order valence-corrected chi connectivity index (χ0v) is 14.1. The van der Waals surface area contributed by atoms with Gasteiger partial charge in [0.2, 0.25) is 11.8 Å². The van der Waals surface area contributed by atoms with E-state index in [4.69, 9.17) is 11.1 Å². The number of pyridine rings is 1. The van der Waals surface area contributed by atoms with Crippen molar-refractivity contribution in [1.82, 2.24) is 20.5 Å². The molecule has 3 rings (SSSR count). The molecule has 0 bridgehead atoms. The van der Waals surface area contributed by atoms with Crippen LogP contribution in [0.25, 0.3) is 0 Å². The topological polar surface area (TPSA) is 124 Å². The number of carbonyl (C=O) groups excluding carboxylic acids is 2. The van der Waals surface area contributed by atoms with Gasteiger partial charge >= 0.3 is 0 Å². The van der Waals surface area contributed by atoms with Crippen LogP contribution in [0.1, 0.15) is 36.9 Å². The SMILES string of the molecule is N=C(N)c1ccc(CNC(=O)C2CCCN2C(=O)C2CCCN2)cn1. The molecule has 0 spiro atoms. The predicted octanol–water partition coefficient (Wildman–Crippen LogP) is -0.275. The number of aromatic nitrogens is 1. The van der Waals surface area contributed by atoms with Gasteiger partial charge in [-0.3, -0.25) is 20.0 Å². The molecule has 0 aromatic carbocycles. The lowest BCUT2D eigenvalue weighted by atomic mass is 10.1. The third-order valence-corrected chi connectivity index (χ3v) is 4.76. The van der Waals surface area contributed by atoms with Gasteiger partial charge in [-0.1, -0.05) is 6.07 Å². The van der Waals surface area contributed by atoms with E-state index in [-0.39, 0.29) is 29.7 Å². The van der Waals surface area contributed by atoms with Gasteiger partial charge in [0.25, 0.3) is 0 Å². The zero-order valence-electron chi connectivity index (χ0n) is 14.1. The number of likely N-dealkylation sites (tertiary alicyclic amines) is 1. The Kier molecular flexibility index (Phi) is 5.28. The maximum Gasteiger partial charge on any atom is 0.243 e. The molecule has 0 aliphatic carbocycles. The second kappa shape index (κ2) is 7.60. The molecule has 2 aliphatic heterocycles. The van der Waals surface area contributed by atoms with Gasteiger partial charge in [-0.25, -0.2) is 0 Å². The standard InChI is InChI=1S/C17H24N6O2/c18-15(19)12-6-5-11(9-21-12)10-22-16(24)14-4-2-8-23(14)17(25)13-3-1-7-20-13/h5-6,9,13-14,20H,1-4,7-8,10H2,(H3,18,19)(H,22,24). The van der Waals surface area contributed by atoms with Crippen LogP contribution in [-0.2, 0) is 16.1 Å². The summed E-state index contributed by atoms with van der Waals surface area (Å²) in [5, 5.41) is 13.4. The van der Waals surface area contributed by atoms with E-state index in [0.29, 0.717) is 25.2 Å². The normalized spacial score (nSPS) is 22.8. The maximum absolute atomic E-state index is 12.6. The molecule has 2 fully saturated rings. The van der Waals surface area contributed by atoms with E-state index in [2.05, 4.69) is 15.6 Å². The fourth-order valence-electron chi connectivity index (χ4n) is 3.39. The van der Waals surface area contributed by atoms with Crippen molar-refractivity contribution in [2.45, 2.75) is 44.3 Å². The molecule has 0 radical (unpaired) electrons. The Balaban J connectivity index is 1.56. The third kappa shape index (κ3) is 3.96. The molecule has 3 heterocycles. The molecule has 1 aromatic rings. The number of amides is 2. The minimum atomic E-state index is -0.389. The molecule has 0 saturated carbocycles. The molecule has 1 aromatic heterocycles. The van der Waals surface area contributed by atoms with Gasteiger partial charge in [-0.05, 0) is 43.9 Å². The Bertz CT molecular complexity index is 654. The van der Waals surface area contributed by atoms with Gasteiger partial charge < -0.3 is 21.3 Å². The predicted molar refractivity (Wildman–Crippen MR) is 92.9 cm³/mol. The molecular weight excluding hydrogens is 320 g/mol. The molecular formula is C17H24N6O2. The number of nitrogen functional groups attached to an aromatic ring is 1. The van der Waals surface area contributed by atoms with Crippen molar-refractivity contribution in [1.29, 1.82) is 5.41 Å². The molecule has 2 amide bonds. The molecule has 2 atom stereocenters. The molecule has 8 heteroatoms.